The van der Waals surface area contributed by atoms with Gasteiger partial charge < -0.3 is 5.32 Å². The molecule has 2 N–H and O–H groups in total. The molecular weight excluding hydrogens is 216 g/mol. The smallest absolute Gasteiger partial charge is 0.140 e. The first-order chi connectivity index (χ1) is 7.79. The maximum Gasteiger partial charge on any atom is 0.140 e. The van der Waals surface area contributed by atoms with Gasteiger partial charge in [-0.3, -0.25) is 5.41 Å². The van der Waals surface area contributed by atoms with Crippen LogP contribution in [0, 0.1) is 12.3 Å². The Kier molecular flexibility index (Phi) is 3.37. The summed E-state index contributed by atoms with van der Waals surface area (Å²) in [5.41, 5.74) is 2.14. The van der Waals surface area contributed by atoms with Crippen molar-refractivity contribution in [2.24, 2.45) is 0 Å². The van der Waals surface area contributed by atoms with Crippen molar-refractivity contribution in [2.75, 3.05) is 5.32 Å². The highest BCUT2D eigenvalue weighted by Gasteiger charge is 2.02. The monoisotopic (exact) mass is 229 g/mol. The van der Waals surface area contributed by atoms with Gasteiger partial charge in [0.1, 0.15) is 5.84 Å². The van der Waals surface area contributed by atoms with Crippen molar-refractivity contribution in [1.82, 2.24) is 0 Å². The molecule has 1 heterocycles. The second-order valence-corrected chi connectivity index (χ2v) is 4.37. The maximum absolute atomic E-state index is 7.87. The fourth-order valence-electron chi connectivity index (χ4n) is 1.38. The van der Waals surface area contributed by atoms with Crippen LogP contribution in [-0.4, -0.2) is 5.84 Å². The number of nitrogens with one attached hydrogen (secondary N) is 2. The lowest BCUT2D eigenvalue weighted by atomic mass is 10.1. The second kappa shape index (κ2) is 4.94. The lowest BCUT2D eigenvalue weighted by Gasteiger charge is -2.06. The minimum atomic E-state index is 0.442. The molecule has 0 aliphatic heterocycles. The number of anilines is 1. The van der Waals surface area contributed by atoms with Gasteiger partial charge in [0.25, 0.3) is 0 Å². The molecule has 1 aromatic heterocycles. The SMILES string of the molecule is [CH2]Cc1ccc(NC(=N)c2cccs2)cc1. The molecule has 0 spiro atoms. The van der Waals surface area contributed by atoms with E-state index in [0.29, 0.717) is 5.84 Å². The summed E-state index contributed by atoms with van der Waals surface area (Å²) in [5.74, 6) is 0.442. The van der Waals surface area contributed by atoms with Crippen molar-refractivity contribution < 1.29 is 0 Å². The molecule has 0 atom stereocenters. The largest absolute Gasteiger partial charge is 0.340 e. The molecule has 1 aromatic carbocycles. The van der Waals surface area contributed by atoms with E-state index in [1.54, 1.807) is 11.3 Å². The molecule has 0 aliphatic rings. The summed E-state index contributed by atoms with van der Waals surface area (Å²) >= 11 is 1.56. The predicted octanol–water partition coefficient (Wildman–Crippen LogP) is 3.56. The standard InChI is InChI=1S/C13H13N2S/c1-2-10-5-7-11(8-6-10)15-13(14)12-4-3-9-16-12/h3-9H,1-2H2,(H2,14,15). The van der Waals surface area contributed by atoms with Crippen LogP contribution in [0.15, 0.2) is 41.8 Å². The molecule has 0 unspecified atom stereocenters. The van der Waals surface area contributed by atoms with E-state index in [4.69, 9.17) is 5.41 Å². The van der Waals surface area contributed by atoms with Crippen molar-refractivity contribution in [3.63, 3.8) is 0 Å². The van der Waals surface area contributed by atoms with Crippen molar-refractivity contribution in [2.45, 2.75) is 6.42 Å². The molecule has 0 amide bonds. The molecule has 2 rings (SSSR count). The third-order valence-corrected chi connectivity index (χ3v) is 3.17. The minimum Gasteiger partial charge on any atom is -0.340 e. The van der Waals surface area contributed by atoms with E-state index in [-0.39, 0.29) is 0 Å². The van der Waals surface area contributed by atoms with Crippen LogP contribution in [0.2, 0.25) is 0 Å². The Labute approximate surface area is 99.5 Å². The molecule has 0 saturated carbocycles. The summed E-state index contributed by atoms with van der Waals surface area (Å²) in [6.07, 6.45) is 0.794. The first-order valence-corrected chi connectivity index (χ1v) is 5.95. The Morgan fingerprint density at radius 1 is 1.25 bits per heavy atom. The number of hydrogen-bond acceptors (Lipinski definition) is 2. The fourth-order valence-corrected chi connectivity index (χ4v) is 2.01. The molecule has 2 aromatic rings. The average Bonchev–Trinajstić information content (AvgIpc) is 2.83. The van der Waals surface area contributed by atoms with Gasteiger partial charge in [0.05, 0.1) is 4.88 Å². The number of thiophene rings is 1. The second-order valence-electron chi connectivity index (χ2n) is 3.42. The van der Waals surface area contributed by atoms with Gasteiger partial charge in [-0.15, -0.1) is 11.3 Å². The third-order valence-electron chi connectivity index (χ3n) is 2.28. The molecule has 81 valence electrons. The summed E-state index contributed by atoms with van der Waals surface area (Å²) in [7, 11) is 0. The number of amidine groups is 1. The van der Waals surface area contributed by atoms with Gasteiger partial charge >= 0.3 is 0 Å². The number of benzene rings is 1. The van der Waals surface area contributed by atoms with E-state index < -0.39 is 0 Å². The molecule has 0 saturated heterocycles. The average molecular weight is 229 g/mol. The minimum absolute atomic E-state index is 0.442. The van der Waals surface area contributed by atoms with Crippen molar-refractivity contribution >= 4 is 22.9 Å². The Hall–Kier alpha value is -1.61. The zero-order chi connectivity index (χ0) is 11.4. The summed E-state index contributed by atoms with van der Waals surface area (Å²) in [4.78, 5) is 0.946. The van der Waals surface area contributed by atoms with E-state index in [1.807, 2.05) is 41.8 Å². The summed E-state index contributed by atoms with van der Waals surface area (Å²) < 4.78 is 0. The van der Waals surface area contributed by atoms with Crippen LogP contribution in [0.4, 0.5) is 5.69 Å². The van der Waals surface area contributed by atoms with Gasteiger partial charge in [0, 0.05) is 5.69 Å². The van der Waals surface area contributed by atoms with Crippen LogP contribution in [0.5, 0.6) is 0 Å². The van der Waals surface area contributed by atoms with Crippen LogP contribution < -0.4 is 5.32 Å². The van der Waals surface area contributed by atoms with Crippen LogP contribution in [0.1, 0.15) is 10.4 Å². The Morgan fingerprint density at radius 2 is 2.00 bits per heavy atom. The first-order valence-electron chi connectivity index (χ1n) is 5.07. The molecule has 16 heavy (non-hydrogen) atoms. The van der Waals surface area contributed by atoms with Crippen molar-refractivity contribution in [3.8, 4) is 0 Å². The molecule has 0 aliphatic carbocycles. The van der Waals surface area contributed by atoms with Crippen LogP contribution in [0.25, 0.3) is 0 Å². The van der Waals surface area contributed by atoms with E-state index in [9.17, 15) is 0 Å². The van der Waals surface area contributed by atoms with Crippen LogP contribution in [-0.2, 0) is 6.42 Å². The Balaban J connectivity index is 2.06. The van der Waals surface area contributed by atoms with Gasteiger partial charge in [-0.25, -0.2) is 0 Å². The quantitative estimate of drug-likeness (QED) is 0.612. The predicted molar refractivity (Wildman–Crippen MR) is 70.3 cm³/mol. The van der Waals surface area contributed by atoms with Gasteiger partial charge in [-0.05, 0) is 42.5 Å². The normalized spacial score (nSPS) is 10.1. The zero-order valence-electron chi connectivity index (χ0n) is 8.86. The molecule has 3 heteroatoms. The molecule has 0 fully saturated rings. The van der Waals surface area contributed by atoms with Gasteiger partial charge in [0.2, 0.25) is 0 Å². The Bertz CT molecular complexity index is 457. The number of rotatable bonds is 3. The van der Waals surface area contributed by atoms with Crippen LogP contribution in [0.3, 0.4) is 0 Å². The van der Waals surface area contributed by atoms with Crippen molar-refractivity contribution in [3.05, 3.63) is 59.1 Å². The molecule has 2 nitrogen and oxygen atoms in total. The highest BCUT2D eigenvalue weighted by Crippen LogP contribution is 2.14. The summed E-state index contributed by atoms with van der Waals surface area (Å²) in [5, 5.41) is 12.9. The molecule has 0 bridgehead atoms. The zero-order valence-corrected chi connectivity index (χ0v) is 9.68. The van der Waals surface area contributed by atoms with Gasteiger partial charge in [0.15, 0.2) is 0 Å². The highest BCUT2D eigenvalue weighted by atomic mass is 32.1. The third kappa shape index (κ3) is 2.49. The lowest BCUT2D eigenvalue weighted by Crippen LogP contribution is -2.09. The highest BCUT2D eigenvalue weighted by molar-refractivity contribution is 7.12. The topological polar surface area (TPSA) is 35.9 Å². The molecule has 1 radical (unpaired) electrons. The summed E-state index contributed by atoms with van der Waals surface area (Å²) in [6.45, 7) is 3.83. The summed E-state index contributed by atoms with van der Waals surface area (Å²) in [6, 6.07) is 11.9. The first kappa shape index (κ1) is 10.9. The van der Waals surface area contributed by atoms with Gasteiger partial charge in [-0.2, -0.15) is 0 Å². The molecular formula is C13H13N2S. The van der Waals surface area contributed by atoms with Crippen LogP contribution >= 0.6 is 11.3 Å². The van der Waals surface area contributed by atoms with Gasteiger partial charge in [-0.1, -0.05) is 18.2 Å². The van der Waals surface area contributed by atoms with Crippen molar-refractivity contribution in [1.29, 1.82) is 5.41 Å². The number of hydrogen-bond donors (Lipinski definition) is 2. The Morgan fingerprint density at radius 3 is 2.56 bits per heavy atom. The van der Waals surface area contributed by atoms with E-state index in [1.165, 1.54) is 5.56 Å². The maximum atomic E-state index is 7.87. The fraction of sp³-hybridized carbons (Fsp3) is 0.0769. The van der Waals surface area contributed by atoms with E-state index >= 15 is 0 Å². The van der Waals surface area contributed by atoms with E-state index in [0.717, 1.165) is 17.0 Å². The lowest BCUT2D eigenvalue weighted by molar-refractivity contribution is 1.27. The van der Waals surface area contributed by atoms with E-state index in [2.05, 4.69) is 12.2 Å².